The van der Waals surface area contributed by atoms with Gasteiger partial charge in [-0.15, -0.1) is 0 Å². The van der Waals surface area contributed by atoms with E-state index in [9.17, 15) is 206 Å². The third-order valence-corrected chi connectivity index (χ3v) is 19.7. The van der Waals surface area contributed by atoms with Gasteiger partial charge in [-0.2, -0.15) is 0 Å². The zero-order valence-electron chi connectivity index (χ0n) is 73.9. The minimum absolute atomic E-state index is 0.0925. The molecule has 0 aliphatic carbocycles. The van der Waals surface area contributed by atoms with Crippen LogP contribution in [0.15, 0.2) is 48.5 Å². The number of benzene rings is 11. The molecule has 0 heterocycles. The molecule has 0 amide bonds. The molecule has 11 aromatic carbocycles. The van der Waals surface area contributed by atoms with Gasteiger partial charge in [0.25, 0.3) is 0 Å². The molecule has 3 unspecified atom stereocenters. The van der Waals surface area contributed by atoms with Crippen LogP contribution in [0.5, 0.6) is 0 Å². The fourth-order valence-corrected chi connectivity index (χ4v) is 12.9. The molecule has 3 N–H and O–H groups in total. The van der Waals surface area contributed by atoms with E-state index in [1.807, 2.05) is 41.5 Å². The van der Waals surface area contributed by atoms with Gasteiger partial charge in [-0.25, -0.2) is 206 Å². The van der Waals surface area contributed by atoms with Crippen molar-refractivity contribution in [3.8, 4) is 44.5 Å². The molecule has 54 heteroatoms. The van der Waals surface area contributed by atoms with Crippen LogP contribution in [0.1, 0.15) is 101 Å². The molecular weight excluding hydrogens is 2070 g/mol. The maximum Gasteiger partial charge on any atom is 0.631 e. The van der Waals surface area contributed by atoms with Crippen molar-refractivity contribution in [2.45, 2.75) is 101 Å². The monoisotopic (exact) mass is 2140 g/mol. The van der Waals surface area contributed by atoms with Gasteiger partial charge < -0.3 is 29.8 Å². The van der Waals surface area contributed by atoms with E-state index in [1.165, 1.54) is 14.7 Å². The van der Waals surface area contributed by atoms with Gasteiger partial charge in [-0.1, -0.05) is 60.8 Å². The largest absolute Gasteiger partial charge is 0.631 e. The molecule has 6 nitrogen and oxygen atoms in total. The summed E-state index contributed by atoms with van der Waals surface area (Å²) >= 11 is 0. The van der Waals surface area contributed by atoms with Crippen LogP contribution in [0.25, 0.3) is 44.5 Å². The zero-order valence-corrected chi connectivity index (χ0v) is 73.9. The van der Waals surface area contributed by atoms with Crippen LogP contribution in [-0.2, 0) is 0 Å². The van der Waals surface area contributed by atoms with Crippen molar-refractivity contribution in [1.82, 2.24) is 0 Å². The number of hydrogen-bond donors (Lipinski definition) is 3. The van der Waals surface area contributed by atoms with Crippen LogP contribution in [0.4, 0.5) is 223 Å². The van der Waals surface area contributed by atoms with Gasteiger partial charge in [0.1, 0.15) is 17.1 Å². The van der Waals surface area contributed by atoms with Gasteiger partial charge in [0.2, 0.25) is 40.7 Å². The minimum Gasteiger partial charge on any atom is -0.402 e. The smallest absolute Gasteiger partial charge is 0.402 e. The molecule has 0 bridgehead atoms. The normalized spacial score (nSPS) is 11.5. The second-order valence-electron chi connectivity index (χ2n) is 29.6. The number of anilines is 3. The number of nitrogens with zero attached hydrogens (tertiary/aromatic N) is 3. The van der Waals surface area contributed by atoms with Crippen LogP contribution >= 0.6 is 0 Å². The Morgan fingerprint density at radius 1 is 0.181 bits per heavy atom. The Hall–Kier alpha value is -12.5. The molecule has 0 aliphatic rings. The van der Waals surface area contributed by atoms with Gasteiger partial charge >= 0.3 is 7.32 Å². The Morgan fingerprint density at radius 3 is 0.417 bits per heavy atom. The highest BCUT2D eigenvalue weighted by atomic mass is 19.2. The van der Waals surface area contributed by atoms with Crippen LogP contribution in [0.3, 0.4) is 0 Å². The van der Waals surface area contributed by atoms with Crippen molar-refractivity contribution in [1.29, 1.82) is 0 Å². The van der Waals surface area contributed by atoms with E-state index >= 15 is 0 Å². The van der Waals surface area contributed by atoms with Crippen LogP contribution in [0, 0.1) is 291 Å². The quantitative estimate of drug-likeness (QED) is 0.0272. The highest BCUT2D eigenvalue weighted by Gasteiger charge is 2.38. The molecule has 11 rings (SSSR count). The Kier molecular flexibility index (Phi) is 45.9. The van der Waals surface area contributed by atoms with Crippen molar-refractivity contribution in [3.63, 3.8) is 0 Å². The summed E-state index contributed by atoms with van der Waals surface area (Å²) in [6, 6.07) is 2.66. The lowest BCUT2D eigenvalue weighted by Gasteiger charge is -2.27. The Balaban J connectivity index is 0.000000348. The molecule has 0 spiro atoms. The molecule has 0 radical (unpaired) electrons. The second-order valence-corrected chi connectivity index (χ2v) is 29.6. The van der Waals surface area contributed by atoms with Crippen molar-refractivity contribution < 1.29 is 221 Å². The predicted molar refractivity (Wildman–Crippen MR) is 423 cm³/mol. The maximum absolute atomic E-state index is 13.7. The molecule has 144 heavy (non-hydrogen) atoms. The fourth-order valence-electron chi connectivity index (χ4n) is 12.9. The average Bonchev–Trinajstić information content (AvgIpc) is 0.769. The third kappa shape index (κ3) is 27.6. The van der Waals surface area contributed by atoms with Gasteiger partial charge in [0.05, 0.1) is 22.3 Å². The fraction of sp³-hybridized carbons (Fsp3) is 0.267. The second kappa shape index (κ2) is 53.4. The van der Waals surface area contributed by atoms with E-state index in [0.717, 1.165) is 38.5 Å². The number of hydrogen-bond acceptors (Lipinski definition) is 6. The zero-order chi connectivity index (χ0) is 111. The summed E-state index contributed by atoms with van der Waals surface area (Å²) in [5.41, 5.74) is -14.3. The first-order chi connectivity index (χ1) is 66.8. The molecule has 11 aromatic rings. The molecule has 0 fully saturated rings. The van der Waals surface area contributed by atoms with Gasteiger partial charge in [-0.05, 0) is 106 Å². The van der Waals surface area contributed by atoms with Gasteiger partial charge in [0, 0.05) is 61.5 Å². The molecule has 0 aliphatic heterocycles. The van der Waals surface area contributed by atoms with Gasteiger partial charge in [0.15, 0.2) is 233 Å². The Bertz CT molecular complexity index is 5550. The van der Waals surface area contributed by atoms with Crippen molar-refractivity contribution in [2.75, 3.05) is 54.0 Å². The topological polar surface area (TPSA) is 70.4 Å². The van der Waals surface area contributed by atoms with E-state index in [2.05, 4.69) is 0 Å². The first-order valence-electron chi connectivity index (χ1n) is 40.3. The van der Waals surface area contributed by atoms with Crippen LogP contribution in [-0.4, -0.2) is 61.7 Å². The van der Waals surface area contributed by atoms with E-state index < -0.39 is 342 Å². The lowest BCUT2D eigenvalue weighted by Crippen LogP contribution is -2.31. The van der Waals surface area contributed by atoms with Crippen molar-refractivity contribution >= 4 is 24.4 Å². The minimum atomic E-state index is -2.44. The van der Waals surface area contributed by atoms with Crippen LogP contribution < -0.4 is 14.7 Å². The first kappa shape index (κ1) is 124. The van der Waals surface area contributed by atoms with Crippen LogP contribution in [0.2, 0.25) is 0 Å². The summed E-state index contributed by atoms with van der Waals surface area (Å²) in [6.07, 6.45) is 5.09. The van der Waals surface area contributed by atoms with Crippen molar-refractivity contribution in [2.24, 2.45) is 17.8 Å². The van der Waals surface area contributed by atoms with E-state index in [0.29, 0.717) is 48.5 Å². The molecular formula is C90H65BF47N3O3. The van der Waals surface area contributed by atoms with Crippen molar-refractivity contribution in [3.05, 3.63) is 322 Å². The summed E-state index contributed by atoms with van der Waals surface area (Å²) in [5, 5.41) is 21.5. The van der Waals surface area contributed by atoms with E-state index in [4.69, 9.17) is 15.1 Å². The highest BCUT2D eigenvalue weighted by Crippen LogP contribution is 2.42. The Morgan fingerprint density at radius 2 is 0.299 bits per heavy atom. The van der Waals surface area contributed by atoms with E-state index in [1.54, 1.807) is 20.8 Å². The predicted octanol–water partition coefficient (Wildman–Crippen LogP) is 29.7. The maximum atomic E-state index is 13.7. The summed E-state index contributed by atoms with van der Waals surface area (Å²) in [6.45, 7) is 17.5. The highest BCUT2D eigenvalue weighted by molar-refractivity contribution is 6.30. The first-order valence-corrected chi connectivity index (χ1v) is 40.3. The third-order valence-electron chi connectivity index (χ3n) is 19.7. The Labute approximate surface area is 782 Å². The summed E-state index contributed by atoms with van der Waals surface area (Å²) in [4.78, 5) is 3.57. The number of rotatable bonds is 22. The van der Waals surface area contributed by atoms with Gasteiger partial charge in [-0.3, -0.25) is 0 Å². The SMILES string of the molecule is CCCC(C)CN(CC)c1c(F)c(F)c(F)c(F)c1F.CCCC(C)CN(CC)c1c(F)c(F)c(F)c(F)c1F.CCCC(C)CN(CC)c1c(F)c(F)c(F)c(F)c1F.Fc1ccc(-c2c(F)c(F)c(F)c(F)c2F)c(F)c1F.Fc1ccc(-c2c(F)c(F)c(F)c(F)c2F)c(F)c1F.Fc1ccc(-c2c(F)c(F)c(F)c(F)c2F)c(F)c1F.Fc1ccc(-c2c(F)c(F)c(F)c(F)c2F)c(F)c1F.OB(O)O. The average molecular weight is 2140 g/mol. The number of halogens is 47. The summed E-state index contributed by atoms with van der Waals surface area (Å²) in [5.74, 6) is -98.4. The molecule has 790 valence electrons. The molecule has 0 saturated carbocycles. The summed E-state index contributed by atoms with van der Waals surface area (Å²) in [7, 11) is -2.17. The van der Waals surface area contributed by atoms with E-state index in [-0.39, 0.29) is 57.0 Å². The molecule has 0 saturated heterocycles. The molecule has 0 aromatic heterocycles. The molecule has 3 atom stereocenters. The summed E-state index contributed by atoms with van der Waals surface area (Å²) < 4.78 is 619. The lowest BCUT2D eigenvalue weighted by molar-refractivity contribution is 0.278. The lowest BCUT2D eigenvalue weighted by atomic mass is 10.0. The standard InChI is InChI=1S/3C14H18F5N.4C12H2F8.BH3O3/c3*1-4-6-8(3)7-20(5-2)14-12(18)10(16)9(15)11(17)13(14)19;4*13-4-2-1-3(6(14)7(4)15)5-8(16)10(18)12(20)11(19)9(5)17;2-1(3)4/h3*8H,4-7H2,1-3H3;4*1-2H;2-4H.